The zero-order chi connectivity index (χ0) is 11.7. The van der Waals surface area contributed by atoms with Crippen molar-refractivity contribution in [1.82, 2.24) is 15.0 Å². The van der Waals surface area contributed by atoms with Gasteiger partial charge in [-0.1, -0.05) is 16.8 Å². The van der Waals surface area contributed by atoms with Gasteiger partial charge in [0.25, 0.3) is 0 Å². The number of anilines is 1. The number of aromatic nitrogens is 3. The minimum absolute atomic E-state index is 0.329. The molecule has 2 aromatic rings. The van der Waals surface area contributed by atoms with Crippen molar-refractivity contribution in [1.29, 1.82) is 0 Å². The van der Waals surface area contributed by atoms with Gasteiger partial charge in [0.2, 0.25) is 0 Å². The molecule has 0 fully saturated rings. The van der Waals surface area contributed by atoms with E-state index in [-0.39, 0.29) is 5.82 Å². The van der Waals surface area contributed by atoms with E-state index in [9.17, 15) is 4.39 Å². The van der Waals surface area contributed by atoms with Gasteiger partial charge >= 0.3 is 0 Å². The molecule has 0 radical (unpaired) electrons. The molecule has 0 bridgehead atoms. The number of nitrogens with zero attached hydrogens (tertiary/aromatic N) is 3. The van der Waals surface area contributed by atoms with E-state index in [0.717, 1.165) is 5.69 Å². The van der Waals surface area contributed by atoms with Crippen LogP contribution in [0.2, 0.25) is 5.02 Å². The molecule has 0 unspecified atom stereocenters. The minimum Gasteiger partial charge on any atom is -0.381 e. The van der Waals surface area contributed by atoms with Crippen LogP contribution in [-0.2, 0) is 6.54 Å². The van der Waals surface area contributed by atoms with Crippen LogP contribution in [0, 0.1) is 12.7 Å². The van der Waals surface area contributed by atoms with Crippen LogP contribution in [0.25, 0.3) is 0 Å². The molecule has 6 heteroatoms. The van der Waals surface area contributed by atoms with Crippen molar-refractivity contribution >= 4 is 17.4 Å². The summed E-state index contributed by atoms with van der Waals surface area (Å²) < 4.78 is 14.6. The van der Waals surface area contributed by atoms with Crippen molar-refractivity contribution in [3.8, 4) is 0 Å². The van der Waals surface area contributed by atoms with Gasteiger partial charge in [-0.3, -0.25) is 0 Å². The van der Waals surface area contributed by atoms with Crippen molar-refractivity contribution in [2.45, 2.75) is 13.5 Å². The number of rotatable bonds is 2. The van der Waals surface area contributed by atoms with Gasteiger partial charge in [-0.2, -0.15) is 0 Å². The Kier molecular flexibility index (Phi) is 2.78. The third kappa shape index (κ3) is 1.99. The average molecular weight is 241 g/mol. The van der Waals surface area contributed by atoms with Gasteiger partial charge in [0.15, 0.2) is 5.82 Å². The highest BCUT2D eigenvalue weighted by Gasteiger charge is 2.08. The van der Waals surface area contributed by atoms with Crippen LogP contribution in [0.5, 0.6) is 0 Å². The van der Waals surface area contributed by atoms with Crippen LogP contribution in [0.1, 0.15) is 11.3 Å². The fourth-order valence-corrected chi connectivity index (χ4v) is 1.53. The normalized spacial score (nSPS) is 10.7. The summed E-state index contributed by atoms with van der Waals surface area (Å²) in [5.74, 6) is 0.0395. The van der Waals surface area contributed by atoms with E-state index in [0.29, 0.717) is 22.9 Å². The summed E-state index contributed by atoms with van der Waals surface area (Å²) in [4.78, 5) is 0. The molecule has 1 heterocycles. The second kappa shape index (κ2) is 4.09. The Morgan fingerprint density at radius 2 is 2.25 bits per heavy atom. The van der Waals surface area contributed by atoms with Gasteiger partial charge in [0.05, 0.1) is 12.2 Å². The van der Waals surface area contributed by atoms with Crippen molar-refractivity contribution in [3.63, 3.8) is 0 Å². The van der Waals surface area contributed by atoms with Crippen LogP contribution in [0.3, 0.4) is 0 Å². The number of halogens is 2. The summed E-state index contributed by atoms with van der Waals surface area (Å²) in [6.07, 6.45) is 0. The van der Waals surface area contributed by atoms with Gasteiger partial charge in [0, 0.05) is 5.02 Å². The fraction of sp³-hybridized carbons (Fsp3) is 0.200. The molecule has 1 aromatic carbocycles. The monoisotopic (exact) mass is 240 g/mol. The maximum absolute atomic E-state index is 13.0. The molecule has 2 N–H and O–H groups in total. The van der Waals surface area contributed by atoms with Crippen LogP contribution in [-0.4, -0.2) is 15.0 Å². The Balaban J connectivity index is 2.33. The molecule has 2 rings (SSSR count). The Hall–Kier alpha value is -1.62. The Morgan fingerprint density at radius 1 is 1.50 bits per heavy atom. The van der Waals surface area contributed by atoms with E-state index in [2.05, 4.69) is 10.3 Å². The molecule has 0 saturated heterocycles. The Bertz CT molecular complexity index is 524. The first-order valence-corrected chi connectivity index (χ1v) is 5.05. The van der Waals surface area contributed by atoms with E-state index < -0.39 is 0 Å². The highest BCUT2D eigenvalue weighted by molar-refractivity contribution is 6.31. The molecule has 0 amide bonds. The summed E-state index contributed by atoms with van der Waals surface area (Å²) in [7, 11) is 0. The predicted molar refractivity (Wildman–Crippen MR) is 59.7 cm³/mol. The molecular formula is C10H10ClFN4. The molecule has 16 heavy (non-hydrogen) atoms. The van der Waals surface area contributed by atoms with Crippen molar-refractivity contribution in [2.24, 2.45) is 0 Å². The Labute approximate surface area is 96.8 Å². The largest absolute Gasteiger partial charge is 0.381 e. The third-order valence-electron chi connectivity index (χ3n) is 2.35. The van der Waals surface area contributed by atoms with E-state index in [1.165, 1.54) is 18.2 Å². The summed E-state index contributed by atoms with van der Waals surface area (Å²) in [5.41, 5.74) is 6.94. The molecular weight excluding hydrogens is 231 g/mol. The van der Waals surface area contributed by atoms with E-state index in [1.807, 2.05) is 0 Å². The average Bonchev–Trinajstić information content (AvgIpc) is 2.55. The van der Waals surface area contributed by atoms with Crippen LogP contribution >= 0.6 is 11.6 Å². The zero-order valence-electron chi connectivity index (χ0n) is 8.61. The molecule has 84 valence electrons. The molecule has 0 aliphatic carbocycles. The Morgan fingerprint density at radius 3 is 2.88 bits per heavy atom. The number of hydrogen-bond donors (Lipinski definition) is 1. The first-order valence-electron chi connectivity index (χ1n) is 4.67. The lowest BCUT2D eigenvalue weighted by molar-refractivity contribution is 0.609. The van der Waals surface area contributed by atoms with E-state index in [4.69, 9.17) is 17.3 Å². The summed E-state index contributed by atoms with van der Waals surface area (Å²) >= 11 is 5.95. The lowest BCUT2D eigenvalue weighted by atomic mass is 10.2. The maximum atomic E-state index is 13.0. The highest BCUT2D eigenvalue weighted by Crippen LogP contribution is 2.19. The summed E-state index contributed by atoms with van der Waals surface area (Å²) in [6, 6.07) is 4.20. The molecule has 1 aromatic heterocycles. The molecule has 0 aliphatic heterocycles. The second-order valence-corrected chi connectivity index (χ2v) is 3.86. The second-order valence-electron chi connectivity index (χ2n) is 3.45. The first-order chi connectivity index (χ1) is 7.58. The molecule has 0 aliphatic rings. The minimum atomic E-state index is -0.329. The van der Waals surface area contributed by atoms with Gasteiger partial charge in [-0.25, -0.2) is 9.07 Å². The third-order valence-corrected chi connectivity index (χ3v) is 2.71. The number of benzene rings is 1. The van der Waals surface area contributed by atoms with Gasteiger partial charge in [-0.15, -0.1) is 5.10 Å². The topological polar surface area (TPSA) is 56.7 Å². The van der Waals surface area contributed by atoms with Crippen molar-refractivity contribution < 1.29 is 4.39 Å². The van der Waals surface area contributed by atoms with Gasteiger partial charge in [-0.05, 0) is 30.7 Å². The SMILES string of the molecule is Cc1c(N)nnn1Cc1cc(F)ccc1Cl. The first kappa shape index (κ1) is 10.9. The summed E-state index contributed by atoms with van der Waals surface area (Å²) in [5, 5.41) is 8.06. The summed E-state index contributed by atoms with van der Waals surface area (Å²) in [6.45, 7) is 2.15. The smallest absolute Gasteiger partial charge is 0.168 e. The van der Waals surface area contributed by atoms with Crippen molar-refractivity contribution in [3.05, 3.63) is 40.3 Å². The van der Waals surface area contributed by atoms with Crippen LogP contribution in [0.4, 0.5) is 10.2 Å². The lowest BCUT2D eigenvalue weighted by Gasteiger charge is -2.05. The zero-order valence-corrected chi connectivity index (χ0v) is 9.37. The van der Waals surface area contributed by atoms with E-state index >= 15 is 0 Å². The van der Waals surface area contributed by atoms with Crippen molar-refractivity contribution in [2.75, 3.05) is 5.73 Å². The molecule has 0 spiro atoms. The predicted octanol–water partition coefficient (Wildman–Crippen LogP) is 2.01. The van der Waals surface area contributed by atoms with Crippen LogP contribution in [0.15, 0.2) is 18.2 Å². The number of nitrogen functional groups attached to an aromatic ring is 1. The van der Waals surface area contributed by atoms with Crippen LogP contribution < -0.4 is 5.73 Å². The standard InChI is InChI=1S/C10H10ClFN4/c1-6-10(13)14-15-16(6)5-7-4-8(12)2-3-9(7)11/h2-4H,5,13H2,1H3. The van der Waals surface area contributed by atoms with Gasteiger partial charge < -0.3 is 5.73 Å². The molecule has 0 atom stereocenters. The highest BCUT2D eigenvalue weighted by atomic mass is 35.5. The quantitative estimate of drug-likeness (QED) is 0.874. The number of hydrogen-bond acceptors (Lipinski definition) is 3. The fourth-order valence-electron chi connectivity index (χ4n) is 1.35. The maximum Gasteiger partial charge on any atom is 0.168 e. The van der Waals surface area contributed by atoms with E-state index in [1.54, 1.807) is 11.6 Å². The molecule has 4 nitrogen and oxygen atoms in total. The van der Waals surface area contributed by atoms with Gasteiger partial charge in [0.1, 0.15) is 5.82 Å². The number of nitrogens with two attached hydrogens (primary N) is 1. The molecule has 0 saturated carbocycles. The lowest BCUT2D eigenvalue weighted by Crippen LogP contribution is -2.05.